The summed E-state index contributed by atoms with van der Waals surface area (Å²) in [5.74, 6) is -2.42. The number of alkyl halides is 3. The van der Waals surface area contributed by atoms with Gasteiger partial charge in [0.25, 0.3) is 5.91 Å². The molecule has 16 heteroatoms. The van der Waals surface area contributed by atoms with E-state index in [0.717, 1.165) is 37.3 Å². The maximum atomic E-state index is 14.3. The maximum absolute atomic E-state index is 14.3. The van der Waals surface area contributed by atoms with Gasteiger partial charge in [-0.25, -0.2) is 14.4 Å². The molecule has 1 heterocycles. The van der Waals surface area contributed by atoms with Crippen LogP contribution in [0, 0.1) is 11.3 Å². The first kappa shape index (κ1) is 30.8. The minimum atomic E-state index is -4.96. The SMILES string of the molecule is COC(=O)Nc1ccc(-c2cc3c(C(=O)Nc4ccc(C#N)cc4C(=O)O)noc3cc2N(C)C(=O)OC)c(C(F)(F)F)c1. The molecular weight excluding hydrogens is 591 g/mol. The van der Waals surface area contributed by atoms with Crippen molar-refractivity contribution in [1.29, 1.82) is 5.26 Å². The zero-order valence-corrected chi connectivity index (χ0v) is 22.9. The molecule has 3 amide bonds. The van der Waals surface area contributed by atoms with Gasteiger partial charge in [-0.2, -0.15) is 18.4 Å². The molecule has 0 saturated carbocycles. The maximum Gasteiger partial charge on any atom is 0.417 e. The molecule has 3 aromatic carbocycles. The van der Waals surface area contributed by atoms with Gasteiger partial charge >= 0.3 is 24.3 Å². The van der Waals surface area contributed by atoms with E-state index in [4.69, 9.17) is 14.5 Å². The van der Waals surface area contributed by atoms with Crippen molar-refractivity contribution in [3.05, 3.63) is 70.9 Å². The van der Waals surface area contributed by atoms with Crippen molar-refractivity contribution in [2.45, 2.75) is 6.18 Å². The topological polar surface area (TPSA) is 184 Å². The van der Waals surface area contributed by atoms with Gasteiger partial charge in [0.15, 0.2) is 11.3 Å². The smallest absolute Gasteiger partial charge is 0.417 e. The van der Waals surface area contributed by atoms with Crippen LogP contribution in [0.1, 0.15) is 32.0 Å². The summed E-state index contributed by atoms with van der Waals surface area (Å²) in [5.41, 5.74) is -3.32. The Morgan fingerprint density at radius 3 is 2.34 bits per heavy atom. The second-order valence-electron chi connectivity index (χ2n) is 8.93. The zero-order valence-electron chi connectivity index (χ0n) is 22.9. The Hall–Kier alpha value is -6.11. The van der Waals surface area contributed by atoms with Crippen LogP contribution in [0.15, 0.2) is 53.1 Å². The van der Waals surface area contributed by atoms with Gasteiger partial charge in [0, 0.05) is 24.4 Å². The number of anilines is 3. The highest BCUT2D eigenvalue weighted by Gasteiger charge is 2.36. The summed E-state index contributed by atoms with van der Waals surface area (Å²) < 4.78 is 57.4. The quantitative estimate of drug-likeness (QED) is 0.244. The number of halogens is 3. The van der Waals surface area contributed by atoms with Gasteiger partial charge < -0.3 is 24.4 Å². The van der Waals surface area contributed by atoms with Gasteiger partial charge in [0.1, 0.15) is 0 Å². The van der Waals surface area contributed by atoms with Crippen LogP contribution in [-0.4, -0.2) is 55.6 Å². The number of hydrogen-bond donors (Lipinski definition) is 3. The highest BCUT2D eigenvalue weighted by Crippen LogP contribution is 2.43. The largest absolute Gasteiger partial charge is 0.478 e. The number of fused-ring (bicyclic) bond motifs is 1. The average Bonchev–Trinajstić information content (AvgIpc) is 3.42. The van der Waals surface area contributed by atoms with Gasteiger partial charge in [0.05, 0.1) is 53.7 Å². The second kappa shape index (κ2) is 12.0. The number of carboxylic acid groups (broad SMARTS) is 1. The average molecular weight is 611 g/mol. The van der Waals surface area contributed by atoms with Crippen molar-refractivity contribution < 1.29 is 51.5 Å². The summed E-state index contributed by atoms with van der Waals surface area (Å²) >= 11 is 0. The van der Waals surface area contributed by atoms with Crippen LogP contribution in [0.5, 0.6) is 0 Å². The van der Waals surface area contributed by atoms with Gasteiger partial charge in [-0.15, -0.1) is 0 Å². The third kappa shape index (κ3) is 6.06. The molecule has 0 aliphatic heterocycles. The molecule has 0 unspecified atom stereocenters. The Labute approximate surface area is 245 Å². The lowest BCUT2D eigenvalue weighted by Crippen LogP contribution is -2.26. The molecule has 3 N–H and O–H groups in total. The van der Waals surface area contributed by atoms with Crippen LogP contribution >= 0.6 is 0 Å². The Morgan fingerprint density at radius 2 is 1.73 bits per heavy atom. The van der Waals surface area contributed by atoms with E-state index in [-0.39, 0.29) is 39.2 Å². The number of ether oxygens (including phenoxy) is 2. The molecular formula is C28H20F3N5O8. The van der Waals surface area contributed by atoms with E-state index in [0.29, 0.717) is 6.07 Å². The van der Waals surface area contributed by atoms with Crippen LogP contribution in [0.25, 0.3) is 22.1 Å². The molecule has 44 heavy (non-hydrogen) atoms. The first-order valence-corrected chi connectivity index (χ1v) is 12.2. The van der Waals surface area contributed by atoms with E-state index in [9.17, 15) is 37.5 Å². The van der Waals surface area contributed by atoms with E-state index in [1.165, 1.54) is 31.3 Å². The Morgan fingerprint density at radius 1 is 1.00 bits per heavy atom. The number of rotatable bonds is 6. The lowest BCUT2D eigenvalue weighted by Gasteiger charge is -2.22. The molecule has 1 aromatic heterocycles. The molecule has 0 radical (unpaired) electrons. The van der Waals surface area contributed by atoms with Crippen molar-refractivity contribution in [2.75, 3.05) is 36.8 Å². The number of nitriles is 1. The van der Waals surface area contributed by atoms with E-state index in [1.54, 1.807) is 6.07 Å². The number of nitrogens with one attached hydrogen (secondary N) is 2. The molecule has 0 aliphatic carbocycles. The summed E-state index contributed by atoms with van der Waals surface area (Å²) in [6.07, 6.45) is -6.91. The third-order valence-electron chi connectivity index (χ3n) is 6.29. The predicted octanol–water partition coefficient (Wildman–Crippen LogP) is 5.72. The van der Waals surface area contributed by atoms with Crippen molar-refractivity contribution in [1.82, 2.24) is 5.16 Å². The fourth-order valence-electron chi connectivity index (χ4n) is 4.21. The molecule has 226 valence electrons. The molecule has 0 atom stereocenters. The van der Waals surface area contributed by atoms with Crippen molar-refractivity contribution in [3.8, 4) is 17.2 Å². The number of amides is 3. The minimum Gasteiger partial charge on any atom is -0.478 e. The van der Waals surface area contributed by atoms with Crippen molar-refractivity contribution in [2.24, 2.45) is 0 Å². The minimum absolute atomic E-state index is 0.0208. The molecule has 0 bridgehead atoms. The van der Waals surface area contributed by atoms with Gasteiger partial charge in [-0.1, -0.05) is 11.2 Å². The number of carboxylic acids is 1. The lowest BCUT2D eigenvalue weighted by molar-refractivity contribution is -0.137. The summed E-state index contributed by atoms with van der Waals surface area (Å²) in [4.78, 5) is 49.9. The monoisotopic (exact) mass is 611 g/mol. The number of methoxy groups -OCH3 is 2. The highest BCUT2D eigenvalue weighted by atomic mass is 19.4. The van der Waals surface area contributed by atoms with Crippen LogP contribution in [-0.2, 0) is 15.7 Å². The Balaban J connectivity index is 1.91. The number of carbonyl (C=O) groups is 4. The lowest BCUT2D eigenvalue weighted by atomic mass is 9.95. The van der Waals surface area contributed by atoms with Crippen molar-refractivity contribution in [3.63, 3.8) is 0 Å². The summed E-state index contributed by atoms with van der Waals surface area (Å²) in [7, 11) is 3.34. The number of nitrogens with zero attached hydrogens (tertiary/aromatic N) is 3. The van der Waals surface area contributed by atoms with Crippen molar-refractivity contribution >= 4 is 52.1 Å². The molecule has 4 aromatic rings. The number of carbonyl (C=O) groups excluding carboxylic acids is 3. The van der Waals surface area contributed by atoms with E-state index < -0.39 is 52.6 Å². The predicted molar refractivity (Wildman–Crippen MR) is 147 cm³/mol. The standard InChI is InChI=1S/C28H20F3N5O8/c1-36(27(41)43-3)21-11-22-18(10-16(21)15-6-5-14(33-26(40)42-2)9-19(15)28(29,30)31)23(35-44-22)24(37)34-20-7-4-13(12-32)8-17(20)25(38)39/h4-11H,1-3H3,(H,33,40)(H,34,37)(H,38,39). The second-order valence-corrected chi connectivity index (χ2v) is 8.93. The third-order valence-corrected chi connectivity index (χ3v) is 6.29. The highest BCUT2D eigenvalue weighted by molar-refractivity contribution is 6.14. The molecule has 0 saturated heterocycles. The summed E-state index contributed by atoms with van der Waals surface area (Å²) in [5, 5.41) is 26.7. The fourth-order valence-corrected chi connectivity index (χ4v) is 4.21. The molecule has 0 aliphatic rings. The van der Waals surface area contributed by atoms with Crippen LogP contribution < -0.4 is 15.5 Å². The zero-order chi connectivity index (χ0) is 32.3. The number of benzene rings is 3. The number of aromatic carboxylic acids is 1. The Kier molecular flexibility index (Phi) is 8.42. The fraction of sp³-hybridized carbons (Fsp3) is 0.143. The van der Waals surface area contributed by atoms with Crippen LogP contribution in [0.4, 0.5) is 39.8 Å². The van der Waals surface area contributed by atoms with E-state index >= 15 is 0 Å². The van der Waals surface area contributed by atoms with Gasteiger partial charge in [-0.3, -0.25) is 15.0 Å². The normalized spacial score (nSPS) is 10.9. The van der Waals surface area contributed by atoms with Gasteiger partial charge in [-0.05, 0) is 42.0 Å². The molecule has 4 rings (SSSR count). The van der Waals surface area contributed by atoms with E-state index in [2.05, 4.69) is 20.5 Å². The molecule has 13 nitrogen and oxygen atoms in total. The van der Waals surface area contributed by atoms with E-state index in [1.807, 2.05) is 0 Å². The first-order chi connectivity index (χ1) is 20.8. The first-order valence-electron chi connectivity index (χ1n) is 12.2. The van der Waals surface area contributed by atoms with Crippen LogP contribution in [0.2, 0.25) is 0 Å². The number of aromatic nitrogens is 1. The van der Waals surface area contributed by atoms with Gasteiger partial charge in [0.2, 0.25) is 0 Å². The summed E-state index contributed by atoms with van der Waals surface area (Å²) in [6.45, 7) is 0. The summed E-state index contributed by atoms with van der Waals surface area (Å²) in [6, 6.07) is 10.5. The Bertz CT molecular complexity index is 1860. The molecule has 0 spiro atoms. The molecule has 0 fully saturated rings. The number of hydrogen-bond acceptors (Lipinski definition) is 9. The van der Waals surface area contributed by atoms with Crippen LogP contribution in [0.3, 0.4) is 0 Å².